The van der Waals surface area contributed by atoms with Crippen LogP contribution < -0.4 is 5.32 Å². The number of carbonyl (C=O) groups is 2. The highest BCUT2D eigenvalue weighted by molar-refractivity contribution is 5.99. The Bertz CT molecular complexity index is 1280. The number of halogens is 1. The summed E-state index contributed by atoms with van der Waals surface area (Å²) in [5, 5.41) is 2.85. The van der Waals surface area contributed by atoms with E-state index in [0.29, 0.717) is 23.8 Å². The van der Waals surface area contributed by atoms with Crippen molar-refractivity contribution >= 4 is 17.8 Å². The first-order chi connectivity index (χ1) is 16.4. The van der Waals surface area contributed by atoms with E-state index in [1.165, 1.54) is 29.2 Å². The smallest absolute Gasteiger partial charge is 0.254 e. The lowest BCUT2D eigenvalue weighted by Crippen LogP contribution is -2.38. The number of aromatic nitrogens is 2. The number of rotatable bonds is 7. The minimum Gasteiger partial charge on any atom is -0.330 e. The summed E-state index contributed by atoms with van der Waals surface area (Å²) >= 11 is 0. The molecule has 0 bridgehead atoms. The third kappa shape index (κ3) is 5.20. The van der Waals surface area contributed by atoms with Gasteiger partial charge in [-0.3, -0.25) is 19.5 Å². The number of carbonyl (C=O) groups excluding carboxylic acids is 2. The number of benzene rings is 3. The first-order valence-electron chi connectivity index (χ1n) is 11.0. The van der Waals surface area contributed by atoms with Crippen LogP contribution in [0.5, 0.6) is 0 Å². The molecular weight excluding hydrogens is 431 g/mol. The summed E-state index contributed by atoms with van der Waals surface area (Å²) in [6, 6.07) is 22.9. The highest BCUT2D eigenvalue weighted by Crippen LogP contribution is 2.24. The van der Waals surface area contributed by atoms with Gasteiger partial charge in [0.05, 0.1) is 5.69 Å². The van der Waals surface area contributed by atoms with Crippen LogP contribution in [-0.4, -0.2) is 39.4 Å². The maximum Gasteiger partial charge on any atom is 0.254 e. The van der Waals surface area contributed by atoms with E-state index in [9.17, 15) is 14.0 Å². The lowest BCUT2D eigenvalue weighted by molar-refractivity contribution is -0.116. The molecule has 0 fully saturated rings. The zero-order chi connectivity index (χ0) is 24.1. The molecule has 0 saturated heterocycles. The molecule has 6 nitrogen and oxygen atoms in total. The topological polar surface area (TPSA) is 67.2 Å². The third-order valence-electron chi connectivity index (χ3n) is 5.43. The molecular formula is C27H25FN4O2. The Hall–Kier alpha value is -4.26. The zero-order valence-electron chi connectivity index (χ0n) is 19.0. The van der Waals surface area contributed by atoms with Crippen LogP contribution in [0.3, 0.4) is 0 Å². The molecule has 0 aliphatic rings. The van der Waals surface area contributed by atoms with Crippen molar-refractivity contribution < 1.29 is 14.0 Å². The standard InChI is InChI=1S/C27H25FN4O2/c1-3-31(26(34)21-11-13-22(28)14-12-21)18-25(33)30-27-29-24(20-7-5-4-6-8-20)17-32(27)23-15-9-19(2)10-16-23/h4-17H,3,18H2,1-2H3,(H,29,30,33). The van der Waals surface area contributed by atoms with Crippen LogP contribution in [0, 0.1) is 12.7 Å². The second-order valence-electron chi connectivity index (χ2n) is 7.90. The van der Waals surface area contributed by atoms with Crippen LogP contribution in [0.15, 0.2) is 85.1 Å². The van der Waals surface area contributed by atoms with Crippen molar-refractivity contribution in [3.63, 3.8) is 0 Å². The predicted molar refractivity (Wildman–Crippen MR) is 130 cm³/mol. The zero-order valence-corrected chi connectivity index (χ0v) is 19.0. The largest absolute Gasteiger partial charge is 0.330 e. The highest BCUT2D eigenvalue weighted by atomic mass is 19.1. The van der Waals surface area contributed by atoms with Crippen molar-refractivity contribution in [3.05, 3.63) is 102 Å². The highest BCUT2D eigenvalue weighted by Gasteiger charge is 2.20. The van der Waals surface area contributed by atoms with Crippen molar-refractivity contribution in [2.45, 2.75) is 13.8 Å². The second-order valence-corrected chi connectivity index (χ2v) is 7.90. The fraction of sp³-hybridized carbons (Fsp3) is 0.148. The Morgan fingerprint density at radius 2 is 1.65 bits per heavy atom. The average Bonchev–Trinajstić information content (AvgIpc) is 3.27. The summed E-state index contributed by atoms with van der Waals surface area (Å²) in [4.78, 5) is 31.8. The van der Waals surface area contributed by atoms with E-state index in [1.807, 2.05) is 72.3 Å². The van der Waals surface area contributed by atoms with Gasteiger partial charge in [-0.25, -0.2) is 9.37 Å². The predicted octanol–water partition coefficient (Wildman–Crippen LogP) is 5.09. The lowest BCUT2D eigenvalue weighted by Gasteiger charge is -2.20. The molecule has 1 heterocycles. The minimum absolute atomic E-state index is 0.159. The number of anilines is 1. The molecule has 0 radical (unpaired) electrons. The number of imidazole rings is 1. The van der Waals surface area contributed by atoms with Crippen LogP contribution in [0.1, 0.15) is 22.8 Å². The number of hydrogen-bond donors (Lipinski definition) is 1. The maximum absolute atomic E-state index is 13.2. The van der Waals surface area contributed by atoms with Crippen molar-refractivity contribution in [2.75, 3.05) is 18.4 Å². The summed E-state index contributed by atoms with van der Waals surface area (Å²) in [5.74, 6) is -0.784. The van der Waals surface area contributed by atoms with Crippen LogP contribution in [0.2, 0.25) is 0 Å². The first-order valence-corrected chi connectivity index (χ1v) is 11.0. The molecule has 0 atom stereocenters. The quantitative estimate of drug-likeness (QED) is 0.421. The molecule has 2 amide bonds. The van der Waals surface area contributed by atoms with Crippen LogP contribution in [0.4, 0.5) is 10.3 Å². The lowest BCUT2D eigenvalue weighted by atomic mass is 10.2. The Labute approximate surface area is 197 Å². The normalized spacial score (nSPS) is 10.7. The van der Waals surface area contributed by atoms with Gasteiger partial charge in [-0.05, 0) is 50.2 Å². The van der Waals surface area contributed by atoms with E-state index >= 15 is 0 Å². The van der Waals surface area contributed by atoms with E-state index < -0.39 is 5.82 Å². The van der Waals surface area contributed by atoms with Gasteiger partial charge < -0.3 is 4.90 Å². The van der Waals surface area contributed by atoms with Crippen molar-refractivity contribution in [3.8, 4) is 16.9 Å². The van der Waals surface area contributed by atoms with Gasteiger partial charge in [0.25, 0.3) is 5.91 Å². The van der Waals surface area contributed by atoms with Crippen LogP contribution >= 0.6 is 0 Å². The molecule has 0 spiro atoms. The minimum atomic E-state index is -0.422. The summed E-state index contributed by atoms with van der Waals surface area (Å²) in [5.41, 5.74) is 3.93. The van der Waals surface area contributed by atoms with Gasteiger partial charge in [-0.1, -0.05) is 48.0 Å². The van der Waals surface area contributed by atoms with Crippen molar-refractivity contribution in [1.29, 1.82) is 0 Å². The van der Waals surface area contributed by atoms with Gasteiger partial charge in [-0.2, -0.15) is 0 Å². The number of hydrogen-bond acceptors (Lipinski definition) is 3. The van der Waals surface area contributed by atoms with Gasteiger partial charge >= 0.3 is 0 Å². The molecule has 172 valence electrons. The van der Waals surface area contributed by atoms with E-state index in [0.717, 1.165) is 16.8 Å². The van der Waals surface area contributed by atoms with E-state index in [-0.39, 0.29) is 18.4 Å². The fourth-order valence-corrected chi connectivity index (χ4v) is 3.56. The van der Waals surface area contributed by atoms with Gasteiger partial charge in [0.2, 0.25) is 11.9 Å². The van der Waals surface area contributed by atoms with E-state index in [4.69, 9.17) is 0 Å². The molecule has 0 aliphatic carbocycles. The molecule has 3 aromatic carbocycles. The molecule has 1 N–H and O–H groups in total. The van der Waals surface area contributed by atoms with Crippen molar-refractivity contribution in [2.24, 2.45) is 0 Å². The number of nitrogens with one attached hydrogen (secondary N) is 1. The molecule has 0 aliphatic heterocycles. The Morgan fingerprint density at radius 1 is 0.971 bits per heavy atom. The Morgan fingerprint density at radius 3 is 2.29 bits per heavy atom. The summed E-state index contributed by atoms with van der Waals surface area (Å²) in [6.07, 6.45) is 1.87. The molecule has 4 aromatic rings. The summed E-state index contributed by atoms with van der Waals surface area (Å²) in [7, 11) is 0. The number of nitrogens with zero attached hydrogens (tertiary/aromatic N) is 3. The molecule has 1 aromatic heterocycles. The number of aryl methyl sites for hydroxylation is 1. The van der Waals surface area contributed by atoms with Crippen LogP contribution in [0.25, 0.3) is 16.9 Å². The third-order valence-corrected chi connectivity index (χ3v) is 5.43. The van der Waals surface area contributed by atoms with Gasteiger partial charge in [-0.15, -0.1) is 0 Å². The van der Waals surface area contributed by atoms with Crippen molar-refractivity contribution in [1.82, 2.24) is 14.5 Å². The summed E-state index contributed by atoms with van der Waals surface area (Å²) < 4.78 is 15.0. The average molecular weight is 457 g/mol. The fourth-order valence-electron chi connectivity index (χ4n) is 3.56. The maximum atomic E-state index is 13.2. The van der Waals surface area contributed by atoms with E-state index in [1.54, 1.807) is 6.92 Å². The summed E-state index contributed by atoms with van der Waals surface area (Å²) in [6.45, 7) is 3.96. The van der Waals surface area contributed by atoms with Gasteiger partial charge in [0.1, 0.15) is 12.4 Å². The Balaban J connectivity index is 1.58. The first kappa shape index (κ1) is 22.9. The molecule has 34 heavy (non-hydrogen) atoms. The number of likely N-dealkylation sites (N-methyl/N-ethyl adjacent to an activating group) is 1. The second kappa shape index (κ2) is 10.1. The molecule has 7 heteroatoms. The molecule has 0 saturated carbocycles. The van der Waals surface area contributed by atoms with Gasteiger partial charge in [0, 0.05) is 29.6 Å². The van der Waals surface area contributed by atoms with E-state index in [2.05, 4.69) is 10.3 Å². The molecule has 0 unspecified atom stereocenters. The SMILES string of the molecule is CCN(CC(=O)Nc1nc(-c2ccccc2)cn1-c1ccc(C)cc1)C(=O)c1ccc(F)cc1. The Kier molecular flexibility index (Phi) is 6.82. The molecule has 4 rings (SSSR count). The van der Waals surface area contributed by atoms with Gasteiger partial charge in [0.15, 0.2) is 0 Å². The monoisotopic (exact) mass is 456 g/mol. The van der Waals surface area contributed by atoms with Crippen LogP contribution in [-0.2, 0) is 4.79 Å². The number of amides is 2.